The van der Waals surface area contributed by atoms with Gasteiger partial charge in [-0.25, -0.2) is 13.7 Å². The molecule has 156 valence electrons. The van der Waals surface area contributed by atoms with Crippen molar-refractivity contribution in [1.82, 2.24) is 14.5 Å². The summed E-state index contributed by atoms with van der Waals surface area (Å²) in [7, 11) is 0. The lowest BCUT2D eigenvalue weighted by molar-refractivity contribution is 0.0667. The second-order valence-corrected chi connectivity index (χ2v) is 7.27. The molecular formula is C24H20FN3O3. The number of halogens is 1. The van der Waals surface area contributed by atoms with Crippen molar-refractivity contribution in [3.8, 4) is 0 Å². The summed E-state index contributed by atoms with van der Waals surface area (Å²) in [5, 5.41) is 13.7. The molecule has 1 N–H and O–H groups in total. The number of carbonyl (C=O) groups excluding carboxylic acids is 1. The van der Waals surface area contributed by atoms with Gasteiger partial charge in [0.15, 0.2) is 5.69 Å². The molecule has 0 fully saturated rings. The van der Waals surface area contributed by atoms with Crippen molar-refractivity contribution in [2.75, 3.05) is 0 Å². The van der Waals surface area contributed by atoms with E-state index in [4.69, 9.17) is 0 Å². The standard InChI is InChI=1S/C24H20FN3O3/c1-16(18-8-10-20(25)11-9-18)27(15-17-5-4-6-19(13-17)24(30)31)23(29)22-14-21-7-2-3-12-28(21)26-22/h2-14,16H,15H2,1H3,(H,30,31)/t16-/m1/s1. The van der Waals surface area contributed by atoms with Gasteiger partial charge in [-0.05, 0) is 60.5 Å². The zero-order valence-corrected chi connectivity index (χ0v) is 16.8. The molecule has 0 saturated carbocycles. The summed E-state index contributed by atoms with van der Waals surface area (Å²) >= 11 is 0. The molecule has 0 saturated heterocycles. The van der Waals surface area contributed by atoms with Gasteiger partial charge in [-0.1, -0.05) is 30.3 Å². The number of benzene rings is 2. The molecule has 1 amide bonds. The molecule has 2 aromatic heterocycles. The number of amides is 1. The predicted octanol–water partition coefficient (Wildman–Crippen LogP) is 4.58. The molecule has 2 heterocycles. The van der Waals surface area contributed by atoms with Crippen LogP contribution in [-0.4, -0.2) is 31.5 Å². The Labute approximate surface area is 178 Å². The first-order valence-corrected chi connectivity index (χ1v) is 9.75. The minimum Gasteiger partial charge on any atom is -0.478 e. The van der Waals surface area contributed by atoms with Crippen LogP contribution in [0, 0.1) is 5.82 Å². The van der Waals surface area contributed by atoms with Crippen LogP contribution in [0.15, 0.2) is 79.0 Å². The lowest BCUT2D eigenvalue weighted by atomic mass is 10.0. The molecule has 1 atom stereocenters. The second-order valence-electron chi connectivity index (χ2n) is 7.27. The highest BCUT2D eigenvalue weighted by atomic mass is 19.1. The Bertz CT molecular complexity index is 1220. The van der Waals surface area contributed by atoms with Gasteiger partial charge in [-0.2, -0.15) is 5.10 Å². The zero-order chi connectivity index (χ0) is 22.0. The number of carboxylic acids is 1. The van der Waals surface area contributed by atoms with Crippen LogP contribution >= 0.6 is 0 Å². The number of carboxylic acid groups (broad SMARTS) is 1. The third kappa shape index (κ3) is 4.30. The Kier molecular flexibility index (Phi) is 5.49. The highest BCUT2D eigenvalue weighted by molar-refractivity contribution is 5.94. The van der Waals surface area contributed by atoms with E-state index in [9.17, 15) is 19.1 Å². The number of hydrogen-bond acceptors (Lipinski definition) is 3. The Morgan fingerprint density at radius 2 is 1.84 bits per heavy atom. The minimum atomic E-state index is -1.04. The molecule has 0 aliphatic carbocycles. The van der Waals surface area contributed by atoms with Gasteiger partial charge in [0.2, 0.25) is 0 Å². The van der Waals surface area contributed by atoms with Crippen molar-refractivity contribution in [3.63, 3.8) is 0 Å². The lowest BCUT2D eigenvalue weighted by Crippen LogP contribution is -2.33. The van der Waals surface area contributed by atoms with Gasteiger partial charge < -0.3 is 10.0 Å². The van der Waals surface area contributed by atoms with Gasteiger partial charge in [-0.3, -0.25) is 4.79 Å². The molecule has 0 aliphatic rings. The molecule has 0 bridgehead atoms. The van der Waals surface area contributed by atoms with Gasteiger partial charge in [0.25, 0.3) is 5.91 Å². The third-order valence-corrected chi connectivity index (χ3v) is 5.20. The van der Waals surface area contributed by atoms with Gasteiger partial charge >= 0.3 is 5.97 Å². The zero-order valence-electron chi connectivity index (χ0n) is 16.8. The van der Waals surface area contributed by atoms with E-state index in [1.165, 1.54) is 18.2 Å². The van der Waals surface area contributed by atoms with Gasteiger partial charge in [0, 0.05) is 12.7 Å². The van der Waals surface area contributed by atoms with E-state index in [1.807, 2.05) is 25.1 Å². The summed E-state index contributed by atoms with van der Waals surface area (Å²) in [5.74, 6) is -1.70. The molecule has 0 unspecified atom stereocenters. The SMILES string of the molecule is C[C@H](c1ccc(F)cc1)N(Cc1cccc(C(=O)O)c1)C(=O)c1cc2ccccn2n1. The van der Waals surface area contributed by atoms with Gasteiger partial charge in [0.05, 0.1) is 17.1 Å². The van der Waals surface area contributed by atoms with Crippen LogP contribution in [-0.2, 0) is 6.54 Å². The molecule has 31 heavy (non-hydrogen) atoms. The maximum absolute atomic E-state index is 13.5. The predicted molar refractivity (Wildman–Crippen MR) is 113 cm³/mol. The quantitative estimate of drug-likeness (QED) is 0.499. The Morgan fingerprint density at radius 3 is 2.55 bits per heavy atom. The summed E-state index contributed by atoms with van der Waals surface area (Å²) in [6, 6.07) is 19.3. The van der Waals surface area contributed by atoms with Crippen LogP contribution in [0.1, 0.15) is 44.9 Å². The van der Waals surface area contributed by atoms with Crippen molar-refractivity contribution in [1.29, 1.82) is 0 Å². The molecule has 4 rings (SSSR count). The highest BCUT2D eigenvalue weighted by Crippen LogP contribution is 2.25. The van der Waals surface area contributed by atoms with Crippen LogP contribution in [0.2, 0.25) is 0 Å². The fraction of sp³-hybridized carbons (Fsp3) is 0.125. The number of aromatic carboxylic acids is 1. The number of rotatable bonds is 6. The van der Waals surface area contributed by atoms with Crippen molar-refractivity contribution in [3.05, 3.63) is 107 Å². The van der Waals surface area contributed by atoms with Crippen LogP contribution in [0.4, 0.5) is 4.39 Å². The van der Waals surface area contributed by atoms with Crippen molar-refractivity contribution >= 4 is 17.4 Å². The maximum atomic E-state index is 13.5. The molecule has 2 aromatic carbocycles. The second kappa shape index (κ2) is 8.39. The minimum absolute atomic E-state index is 0.145. The van der Waals surface area contributed by atoms with Crippen molar-refractivity contribution in [2.24, 2.45) is 0 Å². The first-order chi connectivity index (χ1) is 14.9. The lowest BCUT2D eigenvalue weighted by Gasteiger charge is -2.29. The van der Waals surface area contributed by atoms with E-state index < -0.39 is 12.0 Å². The van der Waals surface area contributed by atoms with E-state index in [0.717, 1.165) is 11.1 Å². The van der Waals surface area contributed by atoms with E-state index in [-0.39, 0.29) is 29.5 Å². The number of hydrogen-bond donors (Lipinski definition) is 1. The van der Waals surface area contributed by atoms with Gasteiger partial charge in [0.1, 0.15) is 5.82 Å². The van der Waals surface area contributed by atoms with E-state index in [0.29, 0.717) is 5.56 Å². The van der Waals surface area contributed by atoms with E-state index >= 15 is 0 Å². The van der Waals surface area contributed by atoms with Crippen LogP contribution in [0.25, 0.3) is 5.52 Å². The summed E-state index contributed by atoms with van der Waals surface area (Å²) < 4.78 is 15.0. The Morgan fingerprint density at radius 1 is 1.06 bits per heavy atom. The molecule has 7 heteroatoms. The molecule has 4 aromatic rings. The van der Waals surface area contributed by atoms with Crippen molar-refractivity contribution < 1.29 is 19.1 Å². The Hall–Kier alpha value is -4.00. The maximum Gasteiger partial charge on any atom is 0.335 e. The van der Waals surface area contributed by atoms with Crippen LogP contribution in [0.5, 0.6) is 0 Å². The largest absolute Gasteiger partial charge is 0.478 e. The summed E-state index contributed by atoms with van der Waals surface area (Å²) in [6.07, 6.45) is 1.76. The smallest absolute Gasteiger partial charge is 0.335 e. The fourth-order valence-corrected chi connectivity index (χ4v) is 3.50. The summed E-state index contributed by atoms with van der Waals surface area (Å²) in [6.45, 7) is 2.02. The third-order valence-electron chi connectivity index (χ3n) is 5.20. The van der Waals surface area contributed by atoms with E-state index in [2.05, 4.69) is 5.10 Å². The molecule has 0 radical (unpaired) electrons. The van der Waals surface area contributed by atoms with E-state index in [1.54, 1.807) is 52.0 Å². The first-order valence-electron chi connectivity index (χ1n) is 9.75. The number of pyridine rings is 1. The highest BCUT2D eigenvalue weighted by Gasteiger charge is 2.25. The molecular weight excluding hydrogens is 397 g/mol. The fourth-order valence-electron chi connectivity index (χ4n) is 3.50. The summed E-state index contributed by atoms with van der Waals surface area (Å²) in [5.41, 5.74) is 2.63. The summed E-state index contributed by atoms with van der Waals surface area (Å²) in [4.78, 5) is 26.4. The number of fused-ring (bicyclic) bond motifs is 1. The van der Waals surface area contributed by atoms with Crippen LogP contribution in [0.3, 0.4) is 0 Å². The average Bonchev–Trinajstić information content (AvgIpc) is 3.21. The number of nitrogens with zero attached hydrogens (tertiary/aromatic N) is 3. The van der Waals surface area contributed by atoms with Crippen LogP contribution < -0.4 is 0 Å². The molecule has 0 aliphatic heterocycles. The molecule has 0 spiro atoms. The first kappa shape index (κ1) is 20.3. The normalized spacial score (nSPS) is 11.9. The molecule has 6 nitrogen and oxygen atoms in total. The van der Waals surface area contributed by atoms with Crippen molar-refractivity contribution in [2.45, 2.75) is 19.5 Å². The number of carbonyl (C=O) groups is 2. The number of aromatic nitrogens is 2. The Balaban J connectivity index is 1.72. The average molecular weight is 417 g/mol. The van der Waals surface area contributed by atoms with Gasteiger partial charge in [-0.15, -0.1) is 0 Å². The monoisotopic (exact) mass is 417 g/mol. The topological polar surface area (TPSA) is 74.9 Å².